The Morgan fingerprint density at radius 1 is 1.38 bits per heavy atom. The molecule has 0 unspecified atom stereocenters. The minimum Gasteiger partial charge on any atom is -0.461 e. The van der Waals surface area contributed by atoms with Gasteiger partial charge in [-0.15, -0.1) is 0 Å². The molecule has 0 radical (unpaired) electrons. The summed E-state index contributed by atoms with van der Waals surface area (Å²) in [5.74, 6) is -1.76. The molecule has 0 aliphatic carbocycles. The molecule has 0 aliphatic heterocycles. The predicted octanol–water partition coefficient (Wildman–Crippen LogP) is 2.56. The summed E-state index contributed by atoms with van der Waals surface area (Å²) in [5, 5.41) is 0. The molecule has 0 amide bonds. The highest BCUT2D eigenvalue weighted by molar-refractivity contribution is 5.85. The number of ether oxygens (including phenoxy) is 1. The van der Waals surface area contributed by atoms with Gasteiger partial charge in [-0.2, -0.15) is 4.39 Å². The Labute approximate surface area is 96.8 Å². The van der Waals surface area contributed by atoms with E-state index in [9.17, 15) is 9.18 Å². The van der Waals surface area contributed by atoms with Gasteiger partial charge in [0.1, 0.15) is 0 Å². The summed E-state index contributed by atoms with van der Waals surface area (Å²) < 4.78 is 17.8. The Morgan fingerprint density at radius 2 is 1.88 bits per heavy atom. The highest BCUT2D eigenvalue weighted by Crippen LogP contribution is 2.32. The fourth-order valence-corrected chi connectivity index (χ4v) is 0.891. The van der Waals surface area contributed by atoms with E-state index in [1.165, 1.54) is 6.08 Å². The van der Waals surface area contributed by atoms with E-state index in [1.807, 2.05) is 27.7 Å². The van der Waals surface area contributed by atoms with E-state index in [-0.39, 0.29) is 12.0 Å². The lowest BCUT2D eigenvalue weighted by molar-refractivity contribution is -0.140. The minimum absolute atomic E-state index is 0.172. The van der Waals surface area contributed by atoms with Crippen LogP contribution in [-0.2, 0) is 9.53 Å². The number of hydrogen-bond acceptors (Lipinski definition) is 3. The molecule has 0 aromatic heterocycles. The quantitative estimate of drug-likeness (QED) is 0.584. The van der Waals surface area contributed by atoms with Crippen LogP contribution in [0.4, 0.5) is 4.39 Å². The number of rotatable bonds is 5. The monoisotopic (exact) mass is 231 g/mol. The number of carbonyl (C=O) groups is 1. The molecule has 0 fully saturated rings. The Hall–Kier alpha value is -0.900. The van der Waals surface area contributed by atoms with E-state index < -0.39 is 17.3 Å². The van der Waals surface area contributed by atoms with E-state index in [0.29, 0.717) is 6.42 Å². The Morgan fingerprint density at radius 3 is 2.25 bits per heavy atom. The average molecular weight is 231 g/mol. The third kappa shape index (κ3) is 4.31. The Bertz CT molecular complexity index is 277. The van der Waals surface area contributed by atoms with Crippen molar-refractivity contribution in [3.63, 3.8) is 0 Å². The summed E-state index contributed by atoms with van der Waals surface area (Å²) in [6, 6.07) is 0. The van der Waals surface area contributed by atoms with Crippen LogP contribution in [0.15, 0.2) is 11.9 Å². The maximum Gasteiger partial charge on any atom is 0.366 e. The molecule has 16 heavy (non-hydrogen) atoms. The lowest BCUT2D eigenvalue weighted by atomic mass is 9.73. The van der Waals surface area contributed by atoms with Gasteiger partial charge in [0.2, 0.25) is 5.83 Å². The zero-order valence-electron chi connectivity index (χ0n) is 10.8. The first-order valence-electron chi connectivity index (χ1n) is 5.43. The smallest absolute Gasteiger partial charge is 0.366 e. The Balaban J connectivity index is 4.54. The highest BCUT2D eigenvalue weighted by Gasteiger charge is 2.32. The van der Waals surface area contributed by atoms with Crippen molar-refractivity contribution in [2.24, 2.45) is 11.1 Å². The van der Waals surface area contributed by atoms with Crippen molar-refractivity contribution in [3.05, 3.63) is 11.9 Å². The van der Waals surface area contributed by atoms with Crippen molar-refractivity contribution < 1.29 is 13.9 Å². The topological polar surface area (TPSA) is 52.3 Å². The zero-order chi connectivity index (χ0) is 13.0. The second-order valence-corrected chi connectivity index (χ2v) is 5.08. The third-order valence-corrected chi connectivity index (χ3v) is 3.01. The van der Waals surface area contributed by atoms with Gasteiger partial charge in [-0.05, 0) is 38.7 Å². The van der Waals surface area contributed by atoms with Gasteiger partial charge in [0.25, 0.3) is 0 Å². The summed E-state index contributed by atoms with van der Waals surface area (Å²) in [7, 11) is 0. The van der Waals surface area contributed by atoms with Gasteiger partial charge >= 0.3 is 5.97 Å². The van der Waals surface area contributed by atoms with Gasteiger partial charge in [0.15, 0.2) is 0 Å². The zero-order valence-corrected chi connectivity index (χ0v) is 10.8. The molecule has 0 aromatic carbocycles. The van der Waals surface area contributed by atoms with Crippen LogP contribution in [0.2, 0.25) is 0 Å². The van der Waals surface area contributed by atoms with Crippen molar-refractivity contribution in [1.82, 2.24) is 0 Å². The first-order chi connectivity index (χ1) is 7.12. The molecule has 0 aliphatic rings. The van der Waals surface area contributed by atoms with Crippen LogP contribution >= 0.6 is 0 Å². The molecule has 4 heteroatoms. The molecule has 2 N–H and O–H groups in total. The molecule has 0 spiro atoms. The van der Waals surface area contributed by atoms with E-state index in [4.69, 9.17) is 5.73 Å². The molecular weight excluding hydrogens is 209 g/mol. The van der Waals surface area contributed by atoms with Crippen molar-refractivity contribution in [2.45, 2.75) is 46.6 Å². The van der Waals surface area contributed by atoms with Gasteiger partial charge in [-0.1, -0.05) is 13.8 Å². The SMILES string of the molecule is CCOC(=O)/C(F)=C/CC(C)(C)C(C)(C)N. The number of carbonyl (C=O) groups excluding carboxylic acids is 1. The maximum atomic E-state index is 13.2. The van der Waals surface area contributed by atoms with Crippen molar-refractivity contribution in [3.8, 4) is 0 Å². The van der Waals surface area contributed by atoms with Crippen LogP contribution in [0.3, 0.4) is 0 Å². The minimum atomic E-state index is -0.909. The van der Waals surface area contributed by atoms with Crippen molar-refractivity contribution in [2.75, 3.05) is 6.61 Å². The van der Waals surface area contributed by atoms with E-state index in [2.05, 4.69) is 4.74 Å². The van der Waals surface area contributed by atoms with Crippen molar-refractivity contribution in [1.29, 1.82) is 0 Å². The van der Waals surface area contributed by atoms with Gasteiger partial charge in [0, 0.05) is 5.54 Å². The van der Waals surface area contributed by atoms with Crippen LogP contribution in [0.5, 0.6) is 0 Å². The summed E-state index contributed by atoms with van der Waals surface area (Å²) in [6.45, 7) is 9.43. The largest absolute Gasteiger partial charge is 0.461 e. The molecule has 0 heterocycles. The van der Waals surface area contributed by atoms with Crippen LogP contribution in [0, 0.1) is 5.41 Å². The third-order valence-electron chi connectivity index (χ3n) is 3.01. The molecule has 0 rings (SSSR count). The lowest BCUT2D eigenvalue weighted by Crippen LogP contribution is -2.47. The highest BCUT2D eigenvalue weighted by atomic mass is 19.1. The summed E-state index contributed by atoms with van der Waals surface area (Å²) in [4.78, 5) is 11.0. The number of hydrogen-bond donors (Lipinski definition) is 1. The first-order valence-corrected chi connectivity index (χ1v) is 5.43. The second-order valence-electron chi connectivity index (χ2n) is 5.08. The predicted molar refractivity (Wildman–Crippen MR) is 62.5 cm³/mol. The number of allylic oxidation sites excluding steroid dienone is 1. The van der Waals surface area contributed by atoms with Crippen LogP contribution < -0.4 is 5.73 Å². The molecule has 3 nitrogen and oxygen atoms in total. The van der Waals surface area contributed by atoms with Crippen molar-refractivity contribution >= 4 is 5.97 Å². The molecule has 0 saturated carbocycles. The molecule has 94 valence electrons. The summed E-state index contributed by atoms with van der Waals surface area (Å²) in [5.41, 5.74) is 5.23. The fraction of sp³-hybridized carbons (Fsp3) is 0.750. The first kappa shape index (κ1) is 15.1. The Kier molecular flexibility index (Phi) is 5.13. The fourth-order valence-electron chi connectivity index (χ4n) is 0.891. The maximum absolute atomic E-state index is 13.2. The molecule has 0 bridgehead atoms. The standard InChI is InChI=1S/C12H22FNO2/c1-6-16-10(15)9(13)7-8-11(2,3)12(4,5)14/h7H,6,8,14H2,1-5H3/b9-7-. The summed E-state index contributed by atoms with van der Waals surface area (Å²) in [6.07, 6.45) is 1.63. The number of nitrogens with two attached hydrogens (primary N) is 1. The van der Waals surface area contributed by atoms with Gasteiger partial charge in [-0.25, -0.2) is 4.79 Å². The normalized spacial score (nSPS) is 13.8. The van der Waals surface area contributed by atoms with E-state index >= 15 is 0 Å². The van der Waals surface area contributed by atoms with Gasteiger partial charge in [0.05, 0.1) is 6.61 Å². The average Bonchev–Trinajstić information content (AvgIpc) is 2.12. The van der Waals surface area contributed by atoms with Crippen LogP contribution in [0.1, 0.15) is 41.0 Å². The second kappa shape index (κ2) is 5.43. The number of esters is 1. The summed E-state index contributed by atoms with van der Waals surface area (Å²) >= 11 is 0. The molecule has 0 atom stereocenters. The number of halogens is 1. The molecule has 0 aromatic rings. The van der Waals surface area contributed by atoms with Gasteiger partial charge < -0.3 is 10.5 Å². The van der Waals surface area contributed by atoms with E-state index in [1.54, 1.807) is 6.92 Å². The van der Waals surface area contributed by atoms with E-state index in [0.717, 1.165) is 0 Å². The molecular formula is C12H22FNO2. The van der Waals surface area contributed by atoms with Crippen LogP contribution in [-0.4, -0.2) is 18.1 Å². The van der Waals surface area contributed by atoms with Crippen LogP contribution in [0.25, 0.3) is 0 Å². The lowest BCUT2D eigenvalue weighted by Gasteiger charge is -2.37. The molecule has 0 saturated heterocycles. The van der Waals surface area contributed by atoms with Gasteiger partial charge in [-0.3, -0.25) is 0 Å².